The minimum absolute atomic E-state index is 0.0610. The van der Waals surface area contributed by atoms with Crippen molar-refractivity contribution >= 4 is 23.2 Å². The molecule has 1 heterocycles. The second kappa shape index (κ2) is 5.05. The van der Waals surface area contributed by atoms with Gasteiger partial charge in [0.2, 0.25) is 5.91 Å². The van der Waals surface area contributed by atoms with Crippen LogP contribution >= 0.6 is 11.6 Å². The first-order valence-corrected chi connectivity index (χ1v) is 7.23. The first kappa shape index (κ1) is 13.9. The van der Waals surface area contributed by atoms with E-state index in [9.17, 15) is 4.79 Å². The lowest BCUT2D eigenvalue weighted by Crippen LogP contribution is -2.39. The summed E-state index contributed by atoms with van der Waals surface area (Å²) in [6, 6.07) is 15.5. The van der Waals surface area contributed by atoms with Crippen LogP contribution in [0.25, 0.3) is 0 Å². The van der Waals surface area contributed by atoms with Gasteiger partial charge in [0.05, 0.1) is 0 Å². The van der Waals surface area contributed by atoms with Gasteiger partial charge in [-0.15, -0.1) is 6.58 Å². The topological polar surface area (TPSA) is 20.3 Å². The van der Waals surface area contributed by atoms with Crippen molar-refractivity contribution < 1.29 is 4.79 Å². The van der Waals surface area contributed by atoms with Crippen LogP contribution in [0, 0.1) is 0 Å². The summed E-state index contributed by atoms with van der Waals surface area (Å²) in [6.07, 6.45) is 2.37. The quantitative estimate of drug-likeness (QED) is 0.778. The molecule has 1 amide bonds. The van der Waals surface area contributed by atoms with Gasteiger partial charge in [0.25, 0.3) is 0 Å². The standard InChI is InChI=1S/C18H16ClNO/c1-3-11-18(13-7-5-4-6-8-13)15-10-9-14(19)12-16(15)20(2)17(18)21/h3-10,12H,1,11H2,2H3. The van der Waals surface area contributed by atoms with Crippen molar-refractivity contribution in [3.63, 3.8) is 0 Å². The Morgan fingerprint density at radius 1 is 1.24 bits per heavy atom. The minimum Gasteiger partial charge on any atom is -0.314 e. The van der Waals surface area contributed by atoms with Crippen LogP contribution in [0.3, 0.4) is 0 Å². The molecule has 0 bridgehead atoms. The summed E-state index contributed by atoms with van der Waals surface area (Å²) >= 11 is 6.09. The number of halogens is 1. The maximum absolute atomic E-state index is 13.0. The van der Waals surface area contributed by atoms with Gasteiger partial charge < -0.3 is 4.90 Å². The average Bonchev–Trinajstić information content (AvgIpc) is 2.71. The molecule has 0 spiro atoms. The molecule has 1 aliphatic heterocycles. The average molecular weight is 298 g/mol. The van der Waals surface area contributed by atoms with Crippen LogP contribution in [0.5, 0.6) is 0 Å². The van der Waals surface area contributed by atoms with Crippen molar-refractivity contribution in [1.29, 1.82) is 0 Å². The van der Waals surface area contributed by atoms with Crippen LogP contribution < -0.4 is 4.90 Å². The van der Waals surface area contributed by atoms with Gasteiger partial charge in [0, 0.05) is 17.8 Å². The van der Waals surface area contributed by atoms with E-state index in [-0.39, 0.29) is 5.91 Å². The van der Waals surface area contributed by atoms with Crippen LogP contribution in [0.4, 0.5) is 5.69 Å². The van der Waals surface area contributed by atoms with Crippen molar-refractivity contribution in [1.82, 2.24) is 0 Å². The number of hydrogen-bond acceptors (Lipinski definition) is 1. The largest absolute Gasteiger partial charge is 0.314 e. The van der Waals surface area contributed by atoms with Gasteiger partial charge in [-0.05, 0) is 29.7 Å². The molecule has 0 saturated carbocycles. The predicted molar refractivity (Wildman–Crippen MR) is 86.9 cm³/mol. The van der Waals surface area contributed by atoms with Crippen LogP contribution in [0.1, 0.15) is 17.5 Å². The number of allylic oxidation sites excluding steroid dienone is 1. The highest BCUT2D eigenvalue weighted by Crippen LogP contribution is 2.48. The van der Waals surface area contributed by atoms with E-state index in [1.807, 2.05) is 54.6 Å². The Hall–Kier alpha value is -2.06. The highest BCUT2D eigenvalue weighted by Gasteiger charge is 2.49. The molecule has 0 aromatic heterocycles. The summed E-state index contributed by atoms with van der Waals surface area (Å²) in [7, 11) is 1.80. The van der Waals surface area contributed by atoms with Gasteiger partial charge in [0.1, 0.15) is 5.41 Å². The van der Waals surface area contributed by atoms with Crippen molar-refractivity contribution in [2.24, 2.45) is 0 Å². The number of carbonyl (C=O) groups is 1. The molecule has 21 heavy (non-hydrogen) atoms. The number of rotatable bonds is 3. The fraction of sp³-hybridized carbons (Fsp3) is 0.167. The summed E-state index contributed by atoms with van der Waals surface area (Å²) in [5.41, 5.74) is 2.16. The fourth-order valence-corrected chi connectivity index (χ4v) is 3.35. The molecule has 106 valence electrons. The summed E-state index contributed by atoms with van der Waals surface area (Å²) in [6.45, 7) is 3.85. The predicted octanol–water partition coefficient (Wildman–Crippen LogP) is 4.18. The van der Waals surface area contributed by atoms with E-state index in [0.29, 0.717) is 11.4 Å². The van der Waals surface area contributed by atoms with Gasteiger partial charge in [-0.1, -0.05) is 54.1 Å². The van der Waals surface area contributed by atoms with Crippen molar-refractivity contribution in [2.45, 2.75) is 11.8 Å². The van der Waals surface area contributed by atoms with Crippen LogP contribution in [0.2, 0.25) is 5.02 Å². The Kier molecular flexibility index (Phi) is 3.34. The lowest BCUT2D eigenvalue weighted by atomic mass is 9.73. The van der Waals surface area contributed by atoms with Gasteiger partial charge in [-0.3, -0.25) is 4.79 Å². The zero-order valence-corrected chi connectivity index (χ0v) is 12.6. The smallest absolute Gasteiger partial charge is 0.242 e. The lowest BCUT2D eigenvalue weighted by Gasteiger charge is -2.27. The molecule has 2 aromatic carbocycles. The number of likely N-dealkylation sites (N-methyl/N-ethyl adjacent to an activating group) is 1. The molecule has 0 N–H and O–H groups in total. The molecule has 1 unspecified atom stereocenters. The third-order valence-electron chi connectivity index (χ3n) is 4.17. The number of benzene rings is 2. The van der Waals surface area contributed by atoms with Gasteiger partial charge >= 0.3 is 0 Å². The Bertz CT molecular complexity index is 710. The van der Waals surface area contributed by atoms with Crippen LogP contribution in [-0.2, 0) is 10.2 Å². The van der Waals surface area contributed by atoms with Crippen LogP contribution in [-0.4, -0.2) is 13.0 Å². The van der Waals surface area contributed by atoms with E-state index in [2.05, 4.69) is 6.58 Å². The second-order valence-corrected chi connectivity index (χ2v) is 5.73. The molecule has 0 aliphatic carbocycles. The fourth-order valence-electron chi connectivity index (χ4n) is 3.19. The first-order chi connectivity index (χ1) is 10.1. The molecule has 3 heteroatoms. The maximum atomic E-state index is 13.0. The minimum atomic E-state index is -0.697. The first-order valence-electron chi connectivity index (χ1n) is 6.86. The third-order valence-corrected chi connectivity index (χ3v) is 4.40. The Labute approximate surface area is 129 Å². The molecule has 1 aliphatic rings. The molecular formula is C18H16ClNO. The zero-order chi connectivity index (χ0) is 15.0. The van der Waals surface area contributed by atoms with E-state index in [0.717, 1.165) is 16.8 Å². The van der Waals surface area contributed by atoms with E-state index in [1.54, 1.807) is 11.9 Å². The number of fused-ring (bicyclic) bond motifs is 1. The zero-order valence-electron chi connectivity index (χ0n) is 11.8. The molecule has 3 rings (SSSR count). The maximum Gasteiger partial charge on any atom is 0.242 e. The summed E-state index contributed by atoms with van der Waals surface area (Å²) in [5.74, 6) is 0.0610. The third kappa shape index (κ3) is 1.90. The van der Waals surface area contributed by atoms with Gasteiger partial charge in [-0.25, -0.2) is 0 Å². The highest BCUT2D eigenvalue weighted by molar-refractivity contribution is 6.31. The van der Waals surface area contributed by atoms with E-state index >= 15 is 0 Å². The van der Waals surface area contributed by atoms with Gasteiger partial charge in [-0.2, -0.15) is 0 Å². The Balaban J connectivity index is 2.31. The molecule has 0 saturated heterocycles. The molecule has 0 fully saturated rings. The van der Waals surface area contributed by atoms with E-state index in [1.165, 1.54) is 0 Å². The summed E-state index contributed by atoms with van der Waals surface area (Å²) in [5, 5.41) is 0.635. The number of amides is 1. The van der Waals surface area contributed by atoms with E-state index in [4.69, 9.17) is 11.6 Å². The second-order valence-electron chi connectivity index (χ2n) is 5.29. The molecule has 1 atom stereocenters. The summed E-state index contributed by atoms with van der Waals surface area (Å²) in [4.78, 5) is 14.7. The molecule has 0 radical (unpaired) electrons. The monoisotopic (exact) mass is 297 g/mol. The van der Waals surface area contributed by atoms with Gasteiger partial charge in [0.15, 0.2) is 0 Å². The number of hydrogen-bond donors (Lipinski definition) is 0. The van der Waals surface area contributed by atoms with Crippen molar-refractivity contribution in [3.05, 3.63) is 77.3 Å². The van der Waals surface area contributed by atoms with Crippen molar-refractivity contribution in [3.8, 4) is 0 Å². The molecule has 2 aromatic rings. The molecule has 2 nitrogen and oxygen atoms in total. The van der Waals surface area contributed by atoms with Crippen LogP contribution in [0.15, 0.2) is 61.2 Å². The molecular weight excluding hydrogens is 282 g/mol. The number of carbonyl (C=O) groups excluding carboxylic acids is 1. The number of nitrogens with zero attached hydrogens (tertiary/aromatic N) is 1. The number of anilines is 1. The lowest BCUT2D eigenvalue weighted by molar-refractivity contribution is -0.121. The van der Waals surface area contributed by atoms with Crippen molar-refractivity contribution in [2.75, 3.05) is 11.9 Å². The highest BCUT2D eigenvalue weighted by atomic mass is 35.5. The SMILES string of the molecule is C=CCC1(c2ccccc2)C(=O)N(C)c2cc(Cl)ccc21. The normalized spacial score (nSPS) is 20.5. The Morgan fingerprint density at radius 2 is 1.95 bits per heavy atom. The Morgan fingerprint density at radius 3 is 2.62 bits per heavy atom. The summed E-state index contributed by atoms with van der Waals surface area (Å²) < 4.78 is 0. The van der Waals surface area contributed by atoms with E-state index < -0.39 is 5.41 Å².